The van der Waals surface area contributed by atoms with E-state index < -0.39 is 6.10 Å². The van der Waals surface area contributed by atoms with Gasteiger partial charge >= 0.3 is 0 Å². The van der Waals surface area contributed by atoms with Crippen LogP contribution in [0.5, 0.6) is 5.75 Å². The zero-order chi connectivity index (χ0) is 11.4. The molecule has 0 spiro atoms. The van der Waals surface area contributed by atoms with Crippen LogP contribution in [0.2, 0.25) is 0 Å². The molecule has 16 heavy (non-hydrogen) atoms. The molecule has 0 fully saturated rings. The molecule has 0 aliphatic rings. The van der Waals surface area contributed by atoms with Crippen molar-refractivity contribution in [2.24, 2.45) is 0 Å². The number of hydrogen-bond acceptors (Lipinski definition) is 4. The summed E-state index contributed by atoms with van der Waals surface area (Å²) in [6.07, 6.45) is 1.67. The van der Waals surface area contributed by atoms with Crippen molar-refractivity contribution in [3.05, 3.63) is 46.4 Å². The Morgan fingerprint density at radius 3 is 2.94 bits per heavy atom. The molecule has 0 amide bonds. The highest BCUT2D eigenvalue weighted by Crippen LogP contribution is 2.25. The van der Waals surface area contributed by atoms with Gasteiger partial charge in [-0.3, -0.25) is 0 Å². The van der Waals surface area contributed by atoms with Gasteiger partial charge in [-0.05, 0) is 11.6 Å². The zero-order valence-corrected chi connectivity index (χ0v) is 9.78. The molecule has 0 aliphatic carbocycles. The van der Waals surface area contributed by atoms with Crippen molar-refractivity contribution in [3.8, 4) is 5.75 Å². The first-order valence-corrected chi connectivity index (χ1v) is 5.88. The predicted molar refractivity (Wildman–Crippen MR) is 63.8 cm³/mol. The van der Waals surface area contributed by atoms with Crippen molar-refractivity contribution in [2.75, 3.05) is 7.11 Å². The van der Waals surface area contributed by atoms with Crippen LogP contribution < -0.4 is 4.74 Å². The minimum absolute atomic E-state index is 0.525. The van der Waals surface area contributed by atoms with Crippen molar-refractivity contribution in [3.63, 3.8) is 0 Å². The van der Waals surface area contributed by atoms with E-state index >= 15 is 0 Å². The number of rotatable bonds is 4. The van der Waals surface area contributed by atoms with E-state index in [9.17, 15) is 5.11 Å². The summed E-state index contributed by atoms with van der Waals surface area (Å²) in [5, 5.41) is 12.6. The van der Waals surface area contributed by atoms with Gasteiger partial charge in [0.25, 0.3) is 0 Å². The van der Waals surface area contributed by atoms with Gasteiger partial charge in [0.05, 0.1) is 7.11 Å². The Balaban J connectivity index is 2.14. The average Bonchev–Trinajstić information content (AvgIpc) is 2.83. The molecule has 0 bridgehead atoms. The van der Waals surface area contributed by atoms with Crippen LogP contribution in [-0.2, 0) is 6.42 Å². The molecule has 1 atom stereocenters. The molecule has 0 saturated carbocycles. The molecule has 84 valence electrons. The first-order valence-electron chi connectivity index (χ1n) is 5.00. The average molecular weight is 235 g/mol. The van der Waals surface area contributed by atoms with Gasteiger partial charge in [-0.25, -0.2) is 4.98 Å². The molecule has 1 aromatic heterocycles. The molecule has 1 unspecified atom stereocenters. The number of nitrogens with zero attached hydrogens (tertiary/aromatic N) is 1. The third-order valence-electron chi connectivity index (χ3n) is 2.34. The molecule has 3 nitrogen and oxygen atoms in total. The fourth-order valence-corrected chi connectivity index (χ4v) is 2.19. The summed E-state index contributed by atoms with van der Waals surface area (Å²) in [7, 11) is 1.63. The van der Waals surface area contributed by atoms with Crippen molar-refractivity contribution in [1.29, 1.82) is 0 Å². The summed E-state index contributed by atoms with van der Waals surface area (Å²) in [5.74, 6) is 0.804. The van der Waals surface area contributed by atoms with Crippen LogP contribution in [0.25, 0.3) is 0 Å². The van der Waals surface area contributed by atoms with Gasteiger partial charge < -0.3 is 9.84 Å². The normalized spacial score (nSPS) is 12.4. The van der Waals surface area contributed by atoms with Crippen molar-refractivity contribution >= 4 is 11.3 Å². The molecule has 1 N–H and O–H groups in total. The number of benzene rings is 1. The van der Waals surface area contributed by atoms with Crippen LogP contribution in [0.3, 0.4) is 0 Å². The number of methoxy groups -OCH3 is 1. The van der Waals surface area contributed by atoms with E-state index in [0.717, 1.165) is 16.3 Å². The lowest BCUT2D eigenvalue weighted by molar-refractivity contribution is 0.177. The molecule has 2 rings (SSSR count). The maximum absolute atomic E-state index is 9.98. The molecule has 2 aromatic rings. The largest absolute Gasteiger partial charge is 0.496 e. The standard InChI is InChI=1S/C12H13NO2S/c1-15-11-5-3-2-4-9(11)8-10(14)12-13-6-7-16-12/h2-7,10,14H,8H2,1H3. The molecule has 1 heterocycles. The summed E-state index contributed by atoms with van der Waals surface area (Å²) in [4.78, 5) is 4.10. The Kier molecular flexibility index (Phi) is 3.54. The number of hydrogen-bond donors (Lipinski definition) is 1. The van der Waals surface area contributed by atoms with Crippen molar-refractivity contribution in [2.45, 2.75) is 12.5 Å². The van der Waals surface area contributed by atoms with Crippen LogP contribution in [0.15, 0.2) is 35.8 Å². The monoisotopic (exact) mass is 235 g/mol. The lowest BCUT2D eigenvalue weighted by Crippen LogP contribution is -2.02. The van der Waals surface area contributed by atoms with E-state index in [1.165, 1.54) is 11.3 Å². The van der Waals surface area contributed by atoms with E-state index in [0.29, 0.717) is 6.42 Å². The Hall–Kier alpha value is -1.39. The number of para-hydroxylation sites is 1. The summed E-state index contributed by atoms with van der Waals surface area (Å²) in [5.41, 5.74) is 0.993. The maximum Gasteiger partial charge on any atom is 0.122 e. The second-order valence-corrected chi connectivity index (χ2v) is 4.33. The fraction of sp³-hybridized carbons (Fsp3) is 0.250. The molecule has 0 saturated heterocycles. The van der Waals surface area contributed by atoms with Gasteiger partial charge in [0.1, 0.15) is 16.9 Å². The Morgan fingerprint density at radius 1 is 1.44 bits per heavy atom. The molecule has 1 aromatic carbocycles. The minimum Gasteiger partial charge on any atom is -0.496 e. The van der Waals surface area contributed by atoms with Gasteiger partial charge in [0.15, 0.2) is 0 Å². The van der Waals surface area contributed by atoms with Crippen LogP contribution in [0.1, 0.15) is 16.7 Å². The second-order valence-electron chi connectivity index (χ2n) is 3.40. The van der Waals surface area contributed by atoms with Gasteiger partial charge in [0.2, 0.25) is 0 Å². The molecular formula is C12H13NO2S. The van der Waals surface area contributed by atoms with E-state index in [1.54, 1.807) is 13.3 Å². The number of thiazole rings is 1. The Bertz CT molecular complexity index is 442. The highest BCUT2D eigenvalue weighted by Gasteiger charge is 2.13. The third kappa shape index (κ3) is 2.40. The van der Waals surface area contributed by atoms with Gasteiger partial charge in [-0.1, -0.05) is 18.2 Å². The molecule has 0 radical (unpaired) electrons. The van der Waals surface area contributed by atoms with Crippen LogP contribution in [-0.4, -0.2) is 17.2 Å². The number of aromatic nitrogens is 1. The summed E-state index contributed by atoms with van der Waals surface area (Å²) in [6, 6.07) is 7.70. The van der Waals surface area contributed by atoms with Crippen LogP contribution >= 0.6 is 11.3 Å². The van der Waals surface area contributed by atoms with Gasteiger partial charge in [-0.15, -0.1) is 11.3 Å². The lowest BCUT2D eigenvalue weighted by atomic mass is 10.1. The number of ether oxygens (including phenoxy) is 1. The fourth-order valence-electron chi connectivity index (χ4n) is 1.57. The SMILES string of the molecule is COc1ccccc1CC(O)c1nccs1. The minimum atomic E-state index is -0.559. The first kappa shape index (κ1) is 11.1. The van der Waals surface area contributed by atoms with E-state index in [4.69, 9.17) is 4.74 Å². The van der Waals surface area contributed by atoms with Gasteiger partial charge in [-0.2, -0.15) is 0 Å². The maximum atomic E-state index is 9.98. The predicted octanol–water partition coefficient (Wildman–Crippen LogP) is 2.43. The summed E-state index contributed by atoms with van der Waals surface area (Å²) < 4.78 is 5.24. The molecule has 4 heteroatoms. The summed E-state index contributed by atoms with van der Waals surface area (Å²) in [6.45, 7) is 0. The van der Waals surface area contributed by atoms with Crippen LogP contribution in [0.4, 0.5) is 0 Å². The van der Waals surface area contributed by atoms with E-state index in [-0.39, 0.29) is 0 Å². The highest BCUT2D eigenvalue weighted by atomic mass is 32.1. The third-order valence-corrected chi connectivity index (χ3v) is 3.22. The van der Waals surface area contributed by atoms with Crippen molar-refractivity contribution < 1.29 is 9.84 Å². The Labute approximate surface area is 98.4 Å². The zero-order valence-electron chi connectivity index (χ0n) is 8.96. The number of aliphatic hydroxyl groups excluding tert-OH is 1. The highest BCUT2D eigenvalue weighted by molar-refractivity contribution is 7.09. The lowest BCUT2D eigenvalue weighted by Gasteiger charge is -2.11. The second kappa shape index (κ2) is 5.09. The van der Waals surface area contributed by atoms with Gasteiger partial charge in [0, 0.05) is 18.0 Å². The van der Waals surface area contributed by atoms with Crippen LogP contribution in [0, 0.1) is 0 Å². The topological polar surface area (TPSA) is 42.4 Å². The Morgan fingerprint density at radius 2 is 2.25 bits per heavy atom. The number of aliphatic hydroxyl groups is 1. The summed E-state index contributed by atoms with van der Waals surface area (Å²) >= 11 is 1.46. The van der Waals surface area contributed by atoms with Crippen molar-refractivity contribution in [1.82, 2.24) is 4.98 Å². The van der Waals surface area contributed by atoms with E-state index in [1.807, 2.05) is 29.6 Å². The van der Waals surface area contributed by atoms with E-state index in [2.05, 4.69) is 4.98 Å². The first-order chi connectivity index (χ1) is 7.81. The molecular weight excluding hydrogens is 222 g/mol. The molecule has 0 aliphatic heterocycles. The quantitative estimate of drug-likeness (QED) is 0.885. The smallest absolute Gasteiger partial charge is 0.122 e.